The zero-order chi connectivity index (χ0) is 12.3. The van der Waals surface area contributed by atoms with E-state index in [-0.39, 0.29) is 18.2 Å². The third-order valence-corrected chi connectivity index (χ3v) is 2.52. The van der Waals surface area contributed by atoms with Crippen LogP contribution in [0.15, 0.2) is 29.3 Å². The van der Waals surface area contributed by atoms with E-state index in [1.54, 1.807) is 18.2 Å². The van der Waals surface area contributed by atoms with Crippen LogP contribution in [0, 0.1) is 0 Å². The molecule has 1 unspecified atom stereocenters. The molecule has 17 heavy (non-hydrogen) atoms. The number of phenolic OH excluding ortho intramolecular Hbond substituents is 1. The molecule has 90 valence electrons. The number of rotatable bonds is 4. The van der Waals surface area contributed by atoms with E-state index in [0.717, 1.165) is 5.56 Å². The highest BCUT2D eigenvalue weighted by Gasteiger charge is 2.21. The molecular weight excluding hydrogens is 222 g/mol. The number of aliphatic imine (C=N–C) groups is 1. The highest BCUT2D eigenvalue weighted by molar-refractivity contribution is 5.81. The zero-order valence-electron chi connectivity index (χ0n) is 9.17. The predicted molar refractivity (Wildman–Crippen MR) is 61.1 cm³/mol. The Morgan fingerprint density at radius 1 is 1.53 bits per heavy atom. The Morgan fingerprint density at radius 2 is 2.35 bits per heavy atom. The van der Waals surface area contributed by atoms with Gasteiger partial charge in [0.05, 0.1) is 6.42 Å². The molecule has 1 heterocycles. The predicted octanol–water partition coefficient (Wildman–Crippen LogP) is 1.73. The maximum absolute atomic E-state index is 10.4. The smallest absolute Gasteiger partial charge is 0.303 e. The molecule has 1 aromatic rings. The molecule has 0 saturated heterocycles. The van der Waals surface area contributed by atoms with Gasteiger partial charge in [0.1, 0.15) is 18.4 Å². The van der Waals surface area contributed by atoms with E-state index in [1.165, 1.54) is 0 Å². The summed E-state index contributed by atoms with van der Waals surface area (Å²) < 4.78 is 5.32. The highest BCUT2D eigenvalue weighted by atomic mass is 16.5. The van der Waals surface area contributed by atoms with Crippen molar-refractivity contribution in [2.45, 2.75) is 18.9 Å². The fraction of sp³-hybridized carbons (Fsp3) is 0.333. The molecule has 2 rings (SSSR count). The molecule has 0 amide bonds. The van der Waals surface area contributed by atoms with Gasteiger partial charge in [0.2, 0.25) is 0 Å². The molecule has 1 atom stereocenters. The van der Waals surface area contributed by atoms with Crippen molar-refractivity contribution in [3.05, 3.63) is 29.8 Å². The zero-order valence-corrected chi connectivity index (χ0v) is 9.17. The maximum atomic E-state index is 10.4. The van der Waals surface area contributed by atoms with Gasteiger partial charge in [-0.15, -0.1) is 0 Å². The summed E-state index contributed by atoms with van der Waals surface area (Å²) in [5.41, 5.74) is 0.871. The number of carboxylic acids is 1. The largest absolute Gasteiger partial charge is 0.508 e. The molecular formula is C12H13NO4. The lowest BCUT2D eigenvalue weighted by Gasteiger charge is -2.04. The highest BCUT2D eigenvalue weighted by Crippen LogP contribution is 2.26. The lowest BCUT2D eigenvalue weighted by molar-refractivity contribution is -0.136. The summed E-state index contributed by atoms with van der Waals surface area (Å²) in [6.07, 6.45) is 0.330. The minimum absolute atomic E-state index is 0.0194. The van der Waals surface area contributed by atoms with Crippen LogP contribution in [-0.2, 0) is 9.53 Å². The first-order valence-corrected chi connectivity index (χ1v) is 5.35. The molecule has 1 aromatic carbocycles. The van der Waals surface area contributed by atoms with Gasteiger partial charge in [-0.1, -0.05) is 12.1 Å². The number of aliphatic carboxylic acids is 1. The van der Waals surface area contributed by atoms with Crippen LogP contribution in [-0.4, -0.2) is 28.7 Å². The number of aromatic hydroxyl groups is 1. The van der Waals surface area contributed by atoms with E-state index in [2.05, 4.69) is 4.99 Å². The van der Waals surface area contributed by atoms with Gasteiger partial charge in [-0.05, 0) is 17.7 Å². The first-order chi connectivity index (χ1) is 8.15. The van der Waals surface area contributed by atoms with E-state index < -0.39 is 5.97 Å². The van der Waals surface area contributed by atoms with Crippen LogP contribution in [0.1, 0.15) is 24.4 Å². The third-order valence-electron chi connectivity index (χ3n) is 2.52. The van der Waals surface area contributed by atoms with Crippen LogP contribution in [0.3, 0.4) is 0 Å². The second kappa shape index (κ2) is 4.86. The van der Waals surface area contributed by atoms with Crippen LogP contribution < -0.4 is 0 Å². The van der Waals surface area contributed by atoms with Crippen LogP contribution in [0.4, 0.5) is 0 Å². The minimum atomic E-state index is -0.864. The van der Waals surface area contributed by atoms with Crippen molar-refractivity contribution in [1.29, 1.82) is 0 Å². The molecule has 0 radical (unpaired) electrons. The number of carbonyl (C=O) groups is 1. The number of ether oxygens (including phenoxy) is 1. The van der Waals surface area contributed by atoms with E-state index in [0.29, 0.717) is 18.9 Å². The number of phenols is 1. The van der Waals surface area contributed by atoms with Crippen molar-refractivity contribution >= 4 is 11.9 Å². The van der Waals surface area contributed by atoms with Crippen LogP contribution in [0.25, 0.3) is 0 Å². The van der Waals surface area contributed by atoms with E-state index >= 15 is 0 Å². The van der Waals surface area contributed by atoms with Gasteiger partial charge in [-0.25, -0.2) is 4.99 Å². The van der Waals surface area contributed by atoms with E-state index in [1.807, 2.05) is 6.07 Å². The van der Waals surface area contributed by atoms with Crippen molar-refractivity contribution in [3.8, 4) is 5.75 Å². The molecule has 5 heteroatoms. The number of benzene rings is 1. The summed E-state index contributed by atoms with van der Waals surface area (Å²) in [7, 11) is 0. The van der Waals surface area contributed by atoms with Crippen molar-refractivity contribution in [3.63, 3.8) is 0 Å². The van der Waals surface area contributed by atoms with Gasteiger partial charge >= 0.3 is 5.97 Å². The van der Waals surface area contributed by atoms with Crippen molar-refractivity contribution in [2.24, 2.45) is 4.99 Å². The Labute approximate surface area is 98.4 Å². The minimum Gasteiger partial charge on any atom is -0.508 e. The summed E-state index contributed by atoms with van der Waals surface area (Å²) in [4.78, 5) is 14.7. The second-order valence-corrected chi connectivity index (χ2v) is 3.84. The molecule has 1 aliphatic heterocycles. The maximum Gasteiger partial charge on any atom is 0.303 e. The molecule has 0 fully saturated rings. The summed E-state index contributed by atoms with van der Waals surface area (Å²) >= 11 is 0. The Balaban J connectivity index is 2.03. The molecule has 0 bridgehead atoms. The first-order valence-electron chi connectivity index (χ1n) is 5.35. The Hall–Kier alpha value is -2.04. The average molecular weight is 235 g/mol. The van der Waals surface area contributed by atoms with Gasteiger partial charge in [0, 0.05) is 6.42 Å². The lowest BCUT2D eigenvalue weighted by atomic mass is 10.1. The fourth-order valence-corrected chi connectivity index (χ4v) is 1.68. The van der Waals surface area contributed by atoms with Gasteiger partial charge < -0.3 is 14.9 Å². The molecule has 2 N–H and O–H groups in total. The summed E-state index contributed by atoms with van der Waals surface area (Å²) in [6, 6.07) is 6.68. The monoisotopic (exact) mass is 235 g/mol. The summed E-state index contributed by atoms with van der Waals surface area (Å²) in [5.74, 6) is -0.200. The van der Waals surface area contributed by atoms with Gasteiger partial charge in [-0.2, -0.15) is 0 Å². The number of hydrogen-bond acceptors (Lipinski definition) is 4. The fourth-order valence-electron chi connectivity index (χ4n) is 1.68. The normalized spacial score (nSPS) is 18.6. The van der Waals surface area contributed by atoms with Gasteiger partial charge in [-0.3, -0.25) is 4.79 Å². The van der Waals surface area contributed by atoms with Crippen molar-refractivity contribution in [1.82, 2.24) is 0 Å². The molecule has 5 nitrogen and oxygen atoms in total. The Morgan fingerprint density at radius 3 is 3.06 bits per heavy atom. The van der Waals surface area contributed by atoms with Gasteiger partial charge in [0.15, 0.2) is 5.90 Å². The molecule has 0 aliphatic carbocycles. The molecule has 0 aromatic heterocycles. The van der Waals surface area contributed by atoms with Crippen molar-refractivity contribution < 1.29 is 19.7 Å². The van der Waals surface area contributed by atoms with Crippen LogP contribution in [0.2, 0.25) is 0 Å². The summed E-state index contributed by atoms with van der Waals surface area (Å²) in [5, 5.41) is 17.9. The third kappa shape index (κ3) is 2.96. The Bertz CT molecular complexity index is 456. The molecule has 0 saturated carbocycles. The van der Waals surface area contributed by atoms with Gasteiger partial charge in [0.25, 0.3) is 0 Å². The van der Waals surface area contributed by atoms with E-state index in [4.69, 9.17) is 9.84 Å². The standard InChI is InChI=1S/C12H13NO4/c14-9-3-1-2-8(6-9)10-7-17-11(13-10)4-5-12(15)16/h1-3,6,10,14H,4-5,7H2,(H,15,16). The number of hydrogen-bond donors (Lipinski definition) is 2. The second-order valence-electron chi connectivity index (χ2n) is 3.84. The average Bonchev–Trinajstić information content (AvgIpc) is 2.75. The Kier molecular flexibility index (Phi) is 3.27. The van der Waals surface area contributed by atoms with Crippen LogP contribution >= 0.6 is 0 Å². The lowest BCUT2D eigenvalue weighted by Crippen LogP contribution is -2.03. The number of nitrogens with zero attached hydrogens (tertiary/aromatic N) is 1. The topological polar surface area (TPSA) is 79.1 Å². The SMILES string of the molecule is O=C(O)CCC1=NC(c2cccc(O)c2)CO1. The van der Waals surface area contributed by atoms with Crippen molar-refractivity contribution in [2.75, 3.05) is 6.61 Å². The molecule has 0 spiro atoms. The first kappa shape index (κ1) is 11.4. The van der Waals surface area contributed by atoms with Crippen LogP contribution in [0.5, 0.6) is 5.75 Å². The summed E-state index contributed by atoms with van der Waals surface area (Å²) in [6.45, 7) is 0.401. The molecule has 1 aliphatic rings. The van der Waals surface area contributed by atoms with E-state index in [9.17, 15) is 9.90 Å². The number of carboxylic acid groups (broad SMARTS) is 1. The quantitative estimate of drug-likeness (QED) is 0.832.